The van der Waals surface area contributed by atoms with Crippen LogP contribution in [0.25, 0.3) is 22.4 Å². The Labute approximate surface area is 208 Å². The van der Waals surface area contributed by atoms with Crippen molar-refractivity contribution in [3.8, 4) is 11.4 Å². The van der Waals surface area contributed by atoms with Gasteiger partial charge in [0.15, 0.2) is 0 Å². The number of pyridine rings is 1. The number of aromatic nitrogens is 4. The number of rotatable bonds is 5. The van der Waals surface area contributed by atoms with Crippen LogP contribution >= 0.6 is 0 Å². The molecule has 5 fully saturated rings. The van der Waals surface area contributed by atoms with Crippen molar-refractivity contribution >= 4 is 22.6 Å². The number of H-pyrrole nitrogens is 1. The minimum atomic E-state index is -0.495. The Morgan fingerprint density at radius 1 is 1.14 bits per heavy atom. The number of aliphatic hydroxyl groups is 2. The SMILES string of the molecule is O=C(N[C@H]1CC[C@H](O)CC1)c1nc(-c2cnc3[nH]ccc3c2N[C@H]2[C@@H]3CC4C[C@H]2C[C@@](O)(C4)C3)no1. The number of aliphatic hydroxyl groups excluding tert-OH is 1. The summed E-state index contributed by atoms with van der Waals surface area (Å²) >= 11 is 0. The summed E-state index contributed by atoms with van der Waals surface area (Å²) in [6.45, 7) is 0. The van der Waals surface area contributed by atoms with Gasteiger partial charge in [-0.2, -0.15) is 4.98 Å². The first-order valence-electron chi connectivity index (χ1n) is 13.2. The normalized spacial score (nSPS) is 35.3. The summed E-state index contributed by atoms with van der Waals surface area (Å²) in [7, 11) is 0. The van der Waals surface area contributed by atoms with E-state index >= 15 is 0 Å². The van der Waals surface area contributed by atoms with Gasteiger partial charge < -0.3 is 30.4 Å². The maximum absolute atomic E-state index is 12.8. The fourth-order valence-corrected chi connectivity index (χ4v) is 7.61. The predicted octanol–water partition coefficient (Wildman–Crippen LogP) is 3.00. The molecular formula is C26H32N6O4. The predicted molar refractivity (Wildman–Crippen MR) is 131 cm³/mol. The van der Waals surface area contributed by atoms with Gasteiger partial charge in [-0.05, 0) is 81.6 Å². The molecule has 5 atom stereocenters. The molecule has 3 aromatic rings. The largest absolute Gasteiger partial charge is 0.393 e. The lowest BCUT2D eigenvalue weighted by Gasteiger charge is -2.58. The zero-order valence-corrected chi connectivity index (χ0v) is 20.1. The molecule has 10 heteroatoms. The first kappa shape index (κ1) is 22.2. The molecular weight excluding hydrogens is 460 g/mol. The van der Waals surface area contributed by atoms with Crippen molar-refractivity contribution in [1.82, 2.24) is 25.4 Å². The Kier molecular flexibility index (Phi) is 5.11. The number of amides is 1. The van der Waals surface area contributed by atoms with Gasteiger partial charge in [0.25, 0.3) is 0 Å². The fraction of sp³-hybridized carbons (Fsp3) is 0.615. The van der Waals surface area contributed by atoms with E-state index < -0.39 is 11.5 Å². The van der Waals surface area contributed by atoms with Crippen LogP contribution in [0.5, 0.6) is 0 Å². The summed E-state index contributed by atoms with van der Waals surface area (Å²) in [5.74, 6) is 1.33. The molecule has 0 radical (unpaired) electrons. The van der Waals surface area contributed by atoms with Crippen molar-refractivity contribution in [2.45, 2.75) is 81.6 Å². The second-order valence-corrected chi connectivity index (χ2v) is 11.6. The number of hydrogen-bond acceptors (Lipinski definition) is 8. The summed E-state index contributed by atoms with van der Waals surface area (Å²) in [5.41, 5.74) is 1.86. The van der Waals surface area contributed by atoms with E-state index in [0.29, 0.717) is 42.0 Å². The molecule has 5 aliphatic carbocycles. The van der Waals surface area contributed by atoms with E-state index in [-0.39, 0.29) is 24.1 Å². The van der Waals surface area contributed by atoms with Crippen LogP contribution in [0.4, 0.5) is 5.69 Å². The minimum absolute atomic E-state index is 0.00177. The molecule has 4 bridgehead atoms. The average Bonchev–Trinajstić information content (AvgIpc) is 3.52. The van der Waals surface area contributed by atoms with Gasteiger partial charge >= 0.3 is 11.8 Å². The zero-order chi connectivity index (χ0) is 24.4. The van der Waals surface area contributed by atoms with E-state index in [4.69, 9.17) is 4.52 Å². The zero-order valence-electron chi connectivity index (χ0n) is 20.1. The summed E-state index contributed by atoms with van der Waals surface area (Å²) in [6.07, 6.45) is 11.1. The van der Waals surface area contributed by atoms with E-state index in [0.717, 1.165) is 61.7 Å². The fourth-order valence-electron chi connectivity index (χ4n) is 7.61. The minimum Gasteiger partial charge on any atom is -0.393 e. The number of hydrogen-bond donors (Lipinski definition) is 5. The molecule has 5 saturated carbocycles. The molecule has 190 valence electrons. The monoisotopic (exact) mass is 492 g/mol. The highest BCUT2D eigenvalue weighted by Gasteiger charge is 2.54. The number of fused-ring (bicyclic) bond motifs is 1. The van der Waals surface area contributed by atoms with Gasteiger partial charge in [0.2, 0.25) is 5.82 Å². The van der Waals surface area contributed by atoms with Crippen molar-refractivity contribution in [3.63, 3.8) is 0 Å². The summed E-state index contributed by atoms with van der Waals surface area (Å²) in [5, 5.41) is 32.6. The highest BCUT2D eigenvalue weighted by molar-refractivity contribution is 5.97. The molecule has 3 heterocycles. The Balaban J connectivity index is 1.17. The highest BCUT2D eigenvalue weighted by Crippen LogP contribution is 2.56. The lowest BCUT2D eigenvalue weighted by Crippen LogP contribution is -2.59. The van der Waals surface area contributed by atoms with Crippen LogP contribution in [-0.4, -0.2) is 60.0 Å². The van der Waals surface area contributed by atoms with Crippen molar-refractivity contribution in [3.05, 3.63) is 24.4 Å². The van der Waals surface area contributed by atoms with Gasteiger partial charge in [-0.3, -0.25) is 4.79 Å². The van der Waals surface area contributed by atoms with Gasteiger partial charge in [-0.1, -0.05) is 5.16 Å². The third kappa shape index (κ3) is 3.78. The van der Waals surface area contributed by atoms with E-state index in [1.807, 2.05) is 12.3 Å². The van der Waals surface area contributed by atoms with Crippen LogP contribution in [0.2, 0.25) is 0 Å². The van der Waals surface area contributed by atoms with Gasteiger partial charge in [-0.15, -0.1) is 0 Å². The molecule has 5 aliphatic rings. The number of nitrogens with zero attached hydrogens (tertiary/aromatic N) is 3. The standard InChI is InChI=1S/C26H32N6O4/c33-17-3-1-16(2-4-17)29-24(34)25-31-23(32-36-25)19-12-28-22-18(5-6-27-22)21(19)30-20-14-7-13-8-15(20)11-26(35,9-13)10-14/h5-6,12-17,20,33,35H,1-4,7-11H2,(H,29,34)(H2,27,28,30)/t13?,14-,15+,16-,17-,20+,26-. The Morgan fingerprint density at radius 3 is 2.67 bits per heavy atom. The van der Waals surface area contributed by atoms with Gasteiger partial charge in [0, 0.05) is 29.9 Å². The highest BCUT2D eigenvalue weighted by atomic mass is 16.5. The van der Waals surface area contributed by atoms with Crippen LogP contribution in [0.1, 0.15) is 68.5 Å². The van der Waals surface area contributed by atoms with E-state index in [1.54, 1.807) is 6.20 Å². The molecule has 0 aliphatic heterocycles. The van der Waals surface area contributed by atoms with Crippen molar-refractivity contribution in [2.75, 3.05) is 5.32 Å². The summed E-state index contributed by atoms with van der Waals surface area (Å²) in [4.78, 5) is 24.9. The van der Waals surface area contributed by atoms with Crippen LogP contribution in [0.15, 0.2) is 23.0 Å². The first-order valence-corrected chi connectivity index (χ1v) is 13.2. The second-order valence-electron chi connectivity index (χ2n) is 11.6. The van der Waals surface area contributed by atoms with Crippen molar-refractivity contribution in [1.29, 1.82) is 0 Å². The van der Waals surface area contributed by atoms with E-state index in [9.17, 15) is 15.0 Å². The van der Waals surface area contributed by atoms with Crippen molar-refractivity contribution < 1.29 is 19.5 Å². The van der Waals surface area contributed by atoms with E-state index in [1.165, 1.54) is 0 Å². The second kappa shape index (κ2) is 8.27. The van der Waals surface area contributed by atoms with Crippen LogP contribution in [0, 0.1) is 17.8 Å². The quantitative estimate of drug-likeness (QED) is 0.365. The number of nitrogens with one attached hydrogen (secondary N) is 3. The lowest BCUT2D eigenvalue weighted by atomic mass is 9.52. The lowest BCUT2D eigenvalue weighted by molar-refractivity contribution is -0.129. The number of aromatic amines is 1. The van der Waals surface area contributed by atoms with Gasteiger partial charge in [0.1, 0.15) is 5.65 Å². The molecule has 0 spiro atoms. The van der Waals surface area contributed by atoms with E-state index in [2.05, 4.69) is 30.7 Å². The van der Waals surface area contributed by atoms with Crippen molar-refractivity contribution in [2.24, 2.45) is 17.8 Å². The third-order valence-electron chi connectivity index (χ3n) is 9.03. The first-order chi connectivity index (χ1) is 17.4. The molecule has 0 aromatic carbocycles. The smallest absolute Gasteiger partial charge is 0.316 e. The molecule has 1 unspecified atom stereocenters. The molecule has 0 saturated heterocycles. The Morgan fingerprint density at radius 2 is 1.92 bits per heavy atom. The van der Waals surface area contributed by atoms with Gasteiger partial charge in [-0.25, -0.2) is 4.98 Å². The maximum Gasteiger partial charge on any atom is 0.316 e. The molecule has 10 nitrogen and oxygen atoms in total. The third-order valence-corrected chi connectivity index (χ3v) is 9.03. The van der Waals surface area contributed by atoms with Crippen LogP contribution < -0.4 is 10.6 Å². The molecule has 3 aromatic heterocycles. The van der Waals surface area contributed by atoms with Crippen LogP contribution in [0.3, 0.4) is 0 Å². The molecule has 8 rings (SSSR count). The maximum atomic E-state index is 12.8. The number of carbonyl (C=O) groups excluding carboxylic acids is 1. The Hall–Kier alpha value is -2.98. The van der Waals surface area contributed by atoms with Gasteiger partial charge in [0.05, 0.1) is 23.0 Å². The molecule has 5 N–H and O–H groups in total. The molecule has 1 amide bonds. The topological polar surface area (TPSA) is 149 Å². The Bertz CT molecular complexity index is 1280. The number of anilines is 1. The number of carbonyl (C=O) groups is 1. The van der Waals surface area contributed by atoms with Crippen LogP contribution in [-0.2, 0) is 0 Å². The summed E-state index contributed by atoms with van der Waals surface area (Å²) in [6, 6.07) is 2.25. The average molecular weight is 493 g/mol. The molecule has 36 heavy (non-hydrogen) atoms. The summed E-state index contributed by atoms with van der Waals surface area (Å²) < 4.78 is 5.37.